The second-order valence-electron chi connectivity index (χ2n) is 5.37. The van der Waals surface area contributed by atoms with Crippen LogP contribution in [0.25, 0.3) is 0 Å². The maximum atomic E-state index is 11.1. The molecule has 1 aliphatic rings. The molecule has 0 saturated carbocycles. The molecule has 0 amide bonds. The SMILES string of the molecule is CNc1cc(COC)ccc1O[C@@H]1O[C@H](C(=O)O)[C@@H](O)[C@H](O)[C@H]1O. The van der Waals surface area contributed by atoms with E-state index >= 15 is 0 Å². The summed E-state index contributed by atoms with van der Waals surface area (Å²) in [6.45, 7) is 0.392. The predicted octanol–water partition coefficient (Wildman–Crippen LogP) is -0.854. The Bertz CT molecular complexity index is 581. The monoisotopic (exact) mass is 343 g/mol. The Hall–Kier alpha value is -1.91. The number of aliphatic hydroxyl groups is 3. The van der Waals surface area contributed by atoms with Gasteiger partial charge in [-0.05, 0) is 17.7 Å². The van der Waals surface area contributed by atoms with E-state index in [1.807, 2.05) is 0 Å². The Labute approximate surface area is 138 Å². The van der Waals surface area contributed by atoms with Crippen molar-refractivity contribution in [1.29, 1.82) is 0 Å². The molecule has 5 N–H and O–H groups in total. The van der Waals surface area contributed by atoms with Gasteiger partial charge in [-0.1, -0.05) is 6.07 Å². The number of rotatable bonds is 6. The average Bonchev–Trinajstić information content (AvgIpc) is 2.56. The fourth-order valence-electron chi connectivity index (χ4n) is 2.41. The van der Waals surface area contributed by atoms with Gasteiger partial charge >= 0.3 is 5.97 Å². The number of aliphatic carboxylic acids is 1. The molecular formula is C15H21NO8. The van der Waals surface area contributed by atoms with Crippen LogP contribution in [0.2, 0.25) is 0 Å². The van der Waals surface area contributed by atoms with Crippen molar-refractivity contribution in [3.8, 4) is 5.75 Å². The summed E-state index contributed by atoms with van der Waals surface area (Å²) < 4.78 is 15.6. The molecule has 1 saturated heterocycles. The Morgan fingerprint density at radius 1 is 1.25 bits per heavy atom. The van der Waals surface area contributed by atoms with E-state index in [1.54, 1.807) is 32.4 Å². The Morgan fingerprint density at radius 2 is 1.96 bits per heavy atom. The van der Waals surface area contributed by atoms with Gasteiger partial charge in [0.1, 0.15) is 24.1 Å². The summed E-state index contributed by atoms with van der Waals surface area (Å²) in [6, 6.07) is 5.09. The molecule has 5 atom stereocenters. The minimum atomic E-state index is -1.76. The smallest absolute Gasteiger partial charge is 0.335 e. The van der Waals surface area contributed by atoms with Crippen LogP contribution in [0.4, 0.5) is 5.69 Å². The number of ether oxygens (including phenoxy) is 3. The maximum Gasteiger partial charge on any atom is 0.335 e. The lowest BCUT2D eigenvalue weighted by Crippen LogP contribution is -2.61. The average molecular weight is 343 g/mol. The van der Waals surface area contributed by atoms with Gasteiger partial charge in [0.2, 0.25) is 6.29 Å². The zero-order valence-electron chi connectivity index (χ0n) is 13.2. The van der Waals surface area contributed by atoms with Crippen molar-refractivity contribution in [2.75, 3.05) is 19.5 Å². The molecular weight excluding hydrogens is 322 g/mol. The zero-order valence-corrected chi connectivity index (χ0v) is 13.2. The summed E-state index contributed by atoms with van der Waals surface area (Å²) >= 11 is 0. The van der Waals surface area contributed by atoms with Crippen LogP contribution >= 0.6 is 0 Å². The number of carboxylic acid groups (broad SMARTS) is 1. The fraction of sp³-hybridized carbons (Fsp3) is 0.533. The summed E-state index contributed by atoms with van der Waals surface area (Å²) in [5.41, 5.74) is 1.44. The molecule has 0 spiro atoms. The first-order valence-corrected chi connectivity index (χ1v) is 7.27. The van der Waals surface area contributed by atoms with Crippen molar-refractivity contribution < 1.29 is 39.4 Å². The zero-order chi connectivity index (χ0) is 17.9. The maximum absolute atomic E-state index is 11.1. The fourth-order valence-corrected chi connectivity index (χ4v) is 2.41. The second kappa shape index (κ2) is 7.77. The van der Waals surface area contributed by atoms with Crippen LogP contribution in [0.5, 0.6) is 5.75 Å². The Kier molecular flexibility index (Phi) is 5.97. The molecule has 0 aliphatic carbocycles. The molecule has 0 bridgehead atoms. The first-order chi connectivity index (χ1) is 11.4. The van der Waals surface area contributed by atoms with E-state index in [0.717, 1.165) is 5.56 Å². The Morgan fingerprint density at radius 3 is 2.54 bits per heavy atom. The lowest BCUT2D eigenvalue weighted by atomic mass is 9.99. The van der Waals surface area contributed by atoms with Crippen molar-refractivity contribution in [2.24, 2.45) is 0 Å². The summed E-state index contributed by atoms with van der Waals surface area (Å²) in [5.74, 6) is -1.18. The summed E-state index contributed by atoms with van der Waals surface area (Å²) in [6.07, 6.45) is -8.25. The van der Waals surface area contributed by atoms with Crippen molar-refractivity contribution >= 4 is 11.7 Å². The van der Waals surface area contributed by atoms with Gasteiger partial charge in [-0.15, -0.1) is 0 Å². The number of aliphatic hydroxyl groups excluding tert-OH is 3. The normalized spacial score (nSPS) is 30.0. The second-order valence-corrected chi connectivity index (χ2v) is 5.37. The first kappa shape index (κ1) is 18.4. The van der Waals surface area contributed by atoms with Gasteiger partial charge in [0.05, 0.1) is 12.3 Å². The number of benzene rings is 1. The molecule has 0 radical (unpaired) electrons. The number of methoxy groups -OCH3 is 1. The van der Waals surface area contributed by atoms with Crippen LogP contribution in [0, 0.1) is 0 Å². The van der Waals surface area contributed by atoms with Gasteiger partial charge < -0.3 is 40.0 Å². The highest BCUT2D eigenvalue weighted by Crippen LogP contribution is 2.30. The summed E-state index contributed by atoms with van der Waals surface area (Å²) in [4.78, 5) is 11.1. The van der Waals surface area contributed by atoms with Crippen LogP contribution in [0.15, 0.2) is 18.2 Å². The third kappa shape index (κ3) is 3.77. The van der Waals surface area contributed by atoms with Crippen LogP contribution in [0.1, 0.15) is 5.56 Å². The minimum Gasteiger partial charge on any atom is -0.479 e. The Balaban J connectivity index is 2.21. The topological polar surface area (TPSA) is 138 Å². The van der Waals surface area contributed by atoms with Gasteiger partial charge in [-0.25, -0.2) is 4.79 Å². The predicted molar refractivity (Wildman–Crippen MR) is 81.6 cm³/mol. The third-order valence-electron chi connectivity index (χ3n) is 3.68. The quantitative estimate of drug-likeness (QED) is 0.447. The molecule has 134 valence electrons. The molecule has 1 fully saturated rings. The van der Waals surface area contributed by atoms with E-state index in [0.29, 0.717) is 12.3 Å². The molecule has 0 unspecified atom stereocenters. The summed E-state index contributed by atoms with van der Waals surface area (Å²) in [5, 5.41) is 41.4. The highest BCUT2D eigenvalue weighted by atomic mass is 16.7. The van der Waals surface area contributed by atoms with Gasteiger partial charge in [-0.2, -0.15) is 0 Å². The molecule has 2 rings (SSSR count). The lowest BCUT2D eigenvalue weighted by molar-refractivity contribution is -0.271. The number of carbonyl (C=O) groups is 1. The number of nitrogens with one attached hydrogen (secondary N) is 1. The van der Waals surface area contributed by atoms with Crippen LogP contribution in [-0.2, 0) is 20.9 Å². The highest BCUT2D eigenvalue weighted by Gasteiger charge is 2.48. The summed E-state index contributed by atoms with van der Waals surface area (Å²) in [7, 11) is 3.23. The van der Waals surface area contributed by atoms with E-state index in [1.165, 1.54) is 0 Å². The molecule has 1 aliphatic heterocycles. The molecule has 9 heteroatoms. The lowest BCUT2D eigenvalue weighted by Gasteiger charge is -2.38. The molecule has 0 aromatic heterocycles. The largest absolute Gasteiger partial charge is 0.479 e. The number of hydrogen-bond donors (Lipinski definition) is 5. The van der Waals surface area contributed by atoms with Crippen molar-refractivity contribution in [1.82, 2.24) is 0 Å². The van der Waals surface area contributed by atoms with Gasteiger partial charge in [0.15, 0.2) is 6.10 Å². The van der Waals surface area contributed by atoms with E-state index in [4.69, 9.17) is 19.3 Å². The molecule has 9 nitrogen and oxygen atoms in total. The number of anilines is 1. The van der Waals surface area contributed by atoms with Crippen LogP contribution in [-0.4, -0.2) is 71.3 Å². The van der Waals surface area contributed by atoms with E-state index in [9.17, 15) is 20.1 Å². The number of hydrogen-bond acceptors (Lipinski definition) is 8. The highest BCUT2D eigenvalue weighted by molar-refractivity contribution is 5.73. The van der Waals surface area contributed by atoms with E-state index < -0.39 is 36.7 Å². The van der Waals surface area contributed by atoms with Crippen LogP contribution < -0.4 is 10.1 Å². The van der Waals surface area contributed by atoms with Crippen molar-refractivity contribution in [3.63, 3.8) is 0 Å². The van der Waals surface area contributed by atoms with Crippen LogP contribution in [0.3, 0.4) is 0 Å². The molecule has 24 heavy (non-hydrogen) atoms. The van der Waals surface area contributed by atoms with E-state index in [2.05, 4.69) is 5.32 Å². The minimum absolute atomic E-state index is 0.286. The van der Waals surface area contributed by atoms with Gasteiger partial charge in [0.25, 0.3) is 0 Å². The first-order valence-electron chi connectivity index (χ1n) is 7.27. The van der Waals surface area contributed by atoms with Crippen molar-refractivity contribution in [2.45, 2.75) is 37.3 Å². The number of carboxylic acids is 1. The molecule has 1 heterocycles. The van der Waals surface area contributed by atoms with E-state index in [-0.39, 0.29) is 5.75 Å². The van der Waals surface area contributed by atoms with Gasteiger partial charge in [0, 0.05) is 14.2 Å². The standard InChI is InChI=1S/C15H21NO8/c1-16-8-5-7(6-22-2)3-4-9(8)23-15-12(19)10(17)11(18)13(24-15)14(20)21/h3-5,10-13,15-19H,6H2,1-2H3,(H,20,21)/t10-,11-,12+,13-,15+/m0/s1. The van der Waals surface area contributed by atoms with Gasteiger partial charge in [-0.3, -0.25) is 0 Å². The third-order valence-corrected chi connectivity index (χ3v) is 3.68. The van der Waals surface area contributed by atoms with Crippen molar-refractivity contribution in [3.05, 3.63) is 23.8 Å². The molecule has 1 aromatic rings. The molecule has 1 aromatic carbocycles.